The molecule has 1 aromatic rings. The number of carbonyl (C=O) groups excluding carboxylic acids is 1. The van der Waals surface area contributed by atoms with E-state index in [-0.39, 0.29) is 22.9 Å². The lowest BCUT2D eigenvalue weighted by Crippen LogP contribution is -2.15. The highest BCUT2D eigenvalue weighted by Crippen LogP contribution is 2.26. The molecular weight excluding hydrogens is 288 g/mol. The van der Waals surface area contributed by atoms with Gasteiger partial charge in [0.2, 0.25) is 11.3 Å². The van der Waals surface area contributed by atoms with Gasteiger partial charge < -0.3 is 14.8 Å². The van der Waals surface area contributed by atoms with Crippen molar-refractivity contribution < 1.29 is 19.1 Å². The Hall–Kier alpha value is -3.22. The number of hydrogen-bond donors (Lipinski definition) is 2. The minimum Gasteiger partial charge on any atom is -0.478 e. The summed E-state index contributed by atoms with van der Waals surface area (Å²) in [5, 5.41) is 11.4. The van der Waals surface area contributed by atoms with Crippen molar-refractivity contribution in [3.8, 4) is 11.5 Å². The van der Waals surface area contributed by atoms with Gasteiger partial charge in [-0.1, -0.05) is 0 Å². The third kappa shape index (κ3) is 2.39. The molecule has 1 aliphatic heterocycles. The molecule has 1 heterocycles. The maximum absolute atomic E-state index is 11.9. The smallest absolute Gasteiger partial charge is 0.335 e. The molecule has 3 rings (SSSR count). The molecule has 0 aromatic heterocycles. The van der Waals surface area contributed by atoms with Gasteiger partial charge in [-0.25, -0.2) is 9.78 Å². The van der Waals surface area contributed by atoms with Crippen molar-refractivity contribution in [2.45, 2.75) is 6.92 Å². The van der Waals surface area contributed by atoms with E-state index in [9.17, 15) is 14.4 Å². The maximum Gasteiger partial charge on any atom is 0.335 e. The van der Waals surface area contributed by atoms with E-state index in [1.165, 1.54) is 37.3 Å². The van der Waals surface area contributed by atoms with Gasteiger partial charge in [0.25, 0.3) is 0 Å². The average molecular weight is 298 g/mol. The van der Waals surface area contributed by atoms with E-state index in [0.717, 1.165) is 0 Å². The van der Waals surface area contributed by atoms with E-state index in [4.69, 9.17) is 9.52 Å². The van der Waals surface area contributed by atoms with Crippen LogP contribution in [0.3, 0.4) is 0 Å². The molecule has 0 radical (unpaired) electrons. The summed E-state index contributed by atoms with van der Waals surface area (Å²) in [5.74, 6) is -1.19. The Bertz CT molecular complexity index is 944. The summed E-state index contributed by atoms with van der Waals surface area (Å²) >= 11 is 0. The van der Waals surface area contributed by atoms with Crippen LogP contribution in [-0.4, -0.2) is 22.0 Å². The van der Waals surface area contributed by atoms with Crippen LogP contribution >= 0.6 is 0 Å². The van der Waals surface area contributed by atoms with Crippen LogP contribution in [0.15, 0.2) is 39.5 Å². The highest BCUT2D eigenvalue weighted by molar-refractivity contribution is 5.93. The van der Waals surface area contributed by atoms with Gasteiger partial charge in [0.05, 0.1) is 11.3 Å². The van der Waals surface area contributed by atoms with E-state index in [2.05, 4.69) is 10.3 Å². The first-order valence-electron chi connectivity index (χ1n) is 6.33. The molecule has 0 unspecified atom stereocenters. The third-order valence-electron chi connectivity index (χ3n) is 3.04. The van der Waals surface area contributed by atoms with Crippen LogP contribution in [0.1, 0.15) is 17.3 Å². The van der Waals surface area contributed by atoms with E-state index < -0.39 is 11.4 Å². The molecule has 2 N–H and O–H groups in total. The molecule has 1 aliphatic carbocycles. The Labute approximate surface area is 123 Å². The predicted molar refractivity (Wildman–Crippen MR) is 78.2 cm³/mol. The summed E-state index contributed by atoms with van der Waals surface area (Å²) in [6.45, 7) is 1.29. The summed E-state index contributed by atoms with van der Waals surface area (Å²) in [6.07, 6.45) is 0. The molecule has 2 aliphatic rings. The number of aromatic nitrogens is 1. The molecule has 0 atom stereocenters. The summed E-state index contributed by atoms with van der Waals surface area (Å²) < 4.78 is 5.55. The number of nitrogens with zero attached hydrogens (tertiary/aromatic N) is 1. The Morgan fingerprint density at radius 2 is 2.00 bits per heavy atom. The maximum atomic E-state index is 11.9. The number of rotatable bonds is 2. The topological polar surface area (TPSA) is 110 Å². The first kappa shape index (κ1) is 13.7. The molecule has 1 aromatic carbocycles. The van der Waals surface area contributed by atoms with Gasteiger partial charge in [0.15, 0.2) is 11.3 Å². The van der Waals surface area contributed by atoms with Crippen molar-refractivity contribution in [2.75, 3.05) is 5.32 Å². The number of anilines is 1. The zero-order valence-electron chi connectivity index (χ0n) is 11.4. The third-order valence-corrected chi connectivity index (χ3v) is 3.04. The lowest BCUT2D eigenvalue weighted by molar-refractivity contribution is -0.114. The predicted octanol–water partition coefficient (Wildman–Crippen LogP) is 1.95. The molecule has 22 heavy (non-hydrogen) atoms. The number of carbonyl (C=O) groups is 2. The van der Waals surface area contributed by atoms with Crippen LogP contribution < -0.4 is 10.7 Å². The number of hydrogen-bond acceptors (Lipinski definition) is 5. The fourth-order valence-corrected chi connectivity index (χ4v) is 2.08. The van der Waals surface area contributed by atoms with E-state index >= 15 is 0 Å². The molecule has 0 saturated carbocycles. The average Bonchev–Trinajstić information content (AvgIpc) is 2.45. The van der Waals surface area contributed by atoms with Crippen molar-refractivity contribution in [3.63, 3.8) is 0 Å². The first-order chi connectivity index (χ1) is 10.4. The Balaban J connectivity index is 2.25. The van der Waals surface area contributed by atoms with E-state index in [1.807, 2.05) is 0 Å². The number of fused-ring (bicyclic) bond motifs is 2. The zero-order valence-corrected chi connectivity index (χ0v) is 11.4. The lowest BCUT2D eigenvalue weighted by atomic mass is 10.1. The molecule has 110 valence electrons. The van der Waals surface area contributed by atoms with Crippen molar-refractivity contribution in [3.05, 3.63) is 46.1 Å². The second-order valence-corrected chi connectivity index (χ2v) is 4.70. The number of amides is 1. The molecule has 0 spiro atoms. The van der Waals surface area contributed by atoms with Gasteiger partial charge in [0, 0.05) is 13.0 Å². The first-order valence-corrected chi connectivity index (χ1v) is 6.33. The van der Waals surface area contributed by atoms with Crippen molar-refractivity contribution in [2.24, 2.45) is 0 Å². The summed E-state index contributed by atoms with van der Waals surface area (Å²) in [5.41, 5.74) is 0.839. The summed E-state index contributed by atoms with van der Waals surface area (Å²) in [4.78, 5) is 38.2. The van der Waals surface area contributed by atoms with Gasteiger partial charge in [-0.2, -0.15) is 0 Å². The Kier molecular flexibility index (Phi) is 3.10. The van der Waals surface area contributed by atoms with E-state index in [0.29, 0.717) is 16.8 Å². The van der Waals surface area contributed by atoms with E-state index in [1.54, 1.807) is 0 Å². The molecule has 0 fully saturated rings. The number of nitrogens with one attached hydrogen (secondary N) is 1. The largest absolute Gasteiger partial charge is 0.478 e. The normalized spacial score (nSPS) is 10.8. The standard InChI is InChI=1S/C15H10N2O5/c1-7(18)16-9-5-11-14(6-12(9)19)22-13-3-2-8(15(20)21)4-10(13)17-11/h2-6H,1H3,(H,16,18)(H,20,21). The second kappa shape index (κ2) is 4.96. The molecule has 1 amide bonds. The van der Waals surface area contributed by atoms with Gasteiger partial charge in [-0.3, -0.25) is 9.59 Å². The van der Waals surface area contributed by atoms with Crippen LogP contribution in [0.2, 0.25) is 0 Å². The molecule has 7 heteroatoms. The Morgan fingerprint density at radius 3 is 2.68 bits per heavy atom. The number of benzene rings is 2. The molecular formula is C15H10N2O5. The molecule has 0 bridgehead atoms. The van der Waals surface area contributed by atoms with Crippen molar-refractivity contribution in [1.29, 1.82) is 0 Å². The van der Waals surface area contributed by atoms with Gasteiger partial charge >= 0.3 is 5.97 Å². The fraction of sp³-hybridized carbons (Fsp3) is 0.0667. The zero-order chi connectivity index (χ0) is 15.9. The van der Waals surface area contributed by atoms with Crippen LogP contribution in [0.5, 0.6) is 0 Å². The molecule has 7 nitrogen and oxygen atoms in total. The van der Waals surface area contributed by atoms with Gasteiger partial charge in [-0.15, -0.1) is 0 Å². The number of carboxylic acids is 1. The minimum absolute atomic E-state index is 0.0806. The lowest BCUT2D eigenvalue weighted by Gasteiger charge is -2.08. The van der Waals surface area contributed by atoms with Crippen LogP contribution in [0, 0.1) is 0 Å². The number of carboxylic acid groups (broad SMARTS) is 1. The highest BCUT2D eigenvalue weighted by atomic mass is 16.4. The second-order valence-electron chi connectivity index (χ2n) is 4.70. The van der Waals surface area contributed by atoms with Crippen LogP contribution in [0.25, 0.3) is 22.6 Å². The number of aromatic carboxylic acids is 1. The van der Waals surface area contributed by atoms with Crippen molar-refractivity contribution in [1.82, 2.24) is 4.98 Å². The van der Waals surface area contributed by atoms with Gasteiger partial charge in [-0.05, 0) is 24.3 Å². The minimum atomic E-state index is -1.07. The SMILES string of the molecule is CC(=O)Nc1cc2nc3cc(C(=O)O)ccc3oc-2cc1=O. The Morgan fingerprint density at radius 1 is 1.23 bits per heavy atom. The quantitative estimate of drug-likeness (QED) is 0.700. The van der Waals surface area contributed by atoms with Crippen LogP contribution in [-0.2, 0) is 4.79 Å². The van der Waals surface area contributed by atoms with Gasteiger partial charge in [0.1, 0.15) is 11.2 Å². The monoisotopic (exact) mass is 298 g/mol. The summed E-state index contributed by atoms with van der Waals surface area (Å²) in [6, 6.07) is 6.89. The summed E-state index contributed by atoms with van der Waals surface area (Å²) in [7, 11) is 0. The highest BCUT2D eigenvalue weighted by Gasteiger charge is 2.14. The van der Waals surface area contributed by atoms with Crippen molar-refractivity contribution >= 4 is 28.7 Å². The van der Waals surface area contributed by atoms with Crippen LogP contribution in [0.4, 0.5) is 5.69 Å². The molecule has 0 saturated heterocycles. The fourth-order valence-electron chi connectivity index (χ4n) is 2.08.